The molecule has 1 heterocycles. The minimum Gasteiger partial charge on any atom is -0.478 e. The zero-order valence-electron chi connectivity index (χ0n) is 7.69. The number of ether oxygens (including phenoxy) is 1. The average Bonchev–Trinajstić information content (AvgIpc) is 2.81. The maximum absolute atomic E-state index is 10.6. The molecular weight excluding hydrogens is 168 g/mol. The molecule has 1 saturated carbocycles. The van der Waals surface area contributed by atoms with Crippen LogP contribution < -0.4 is 0 Å². The lowest BCUT2D eigenvalue weighted by Crippen LogP contribution is -2.12. The topological polar surface area (TPSA) is 49.8 Å². The monoisotopic (exact) mass is 182 g/mol. The van der Waals surface area contributed by atoms with Gasteiger partial charge in [0.15, 0.2) is 0 Å². The van der Waals surface area contributed by atoms with E-state index in [1.165, 1.54) is 0 Å². The number of carboxylic acids is 1. The maximum atomic E-state index is 10.6. The number of carbonyl (C=O) groups is 1. The molecule has 1 saturated heterocycles. The predicted molar refractivity (Wildman–Crippen MR) is 47.4 cm³/mol. The van der Waals surface area contributed by atoms with Crippen molar-refractivity contribution in [1.29, 1.82) is 0 Å². The van der Waals surface area contributed by atoms with Crippen LogP contribution in [-0.4, -0.2) is 23.3 Å². The van der Waals surface area contributed by atoms with Crippen molar-refractivity contribution < 1.29 is 14.6 Å². The Hall–Kier alpha value is -0.830. The van der Waals surface area contributed by atoms with Crippen molar-refractivity contribution in [1.82, 2.24) is 0 Å². The minimum absolute atomic E-state index is 0.417. The molecule has 3 unspecified atom stereocenters. The van der Waals surface area contributed by atoms with Gasteiger partial charge in [-0.3, -0.25) is 0 Å². The Morgan fingerprint density at radius 2 is 2.23 bits per heavy atom. The minimum atomic E-state index is -0.807. The molecule has 0 aromatic carbocycles. The molecule has 0 spiro atoms. The number of epoxide rings is 1. The molecule has 1 aliphatic carbocycles. The highest BCUT2D eigenvalue weighted by atomic mass is 16.6. The summed E-state index contributed by atoms with van der Waals surface area (Å²) in [5, 5.41) is 8.69. The van der Waals surface area contributed by atoms with Gasteiger partial charge in [-0.15, -0.1) is 0 Å². The number of aliphatic carboxylic acids is 1. The van der Waals surface area contributed by atoms with Crippen molar-refractivity contribution in [2.75, 3.05) is 0 Å². The highest BCUT2D eigenvalue weighted by molar-refractivity contribution is 5.85. The number of rotatable bonds is 2. The summed E-state index contributed by atoms with van der Waals surface area (Å²) in [6.07, 6.45) is 5.98. The highest BCUT2D eigenvalue weighted by Gasteiger charge is 2.43. The number of hydrogen-bond donors (Lipinski definition) is 1. The van der Waals surface area contributed by atoms with Crippen LogP contribution in [0.5, 0.6) is 0 Å². The summed E-state index contributed by atoms with van der Waals surface area (Å²) >= 11 is 0. The van der Waals surface area contributed by atoms with Crippen LogP contribution in [0.15, 0.2) is 11.6 Å². The lowest BCUT2D eigenvalue weighted by atomic mass is 9.88. The number of allylic oxidation sites excluding steroid dienone is 1. The van der Waals surface area contributed by atoms with E-state index in [0.29, 0.717) is 23.7 Å². The van der Waals surface area contributed by atoms with Gasteiger partial charge in [-0.25, -0.2) is 4.79 Å². The Morgan fingerprint density at radius 1 is 1.46 bits per heavy atom. The van der Waals surface area contributed by atoms with Crippen LogP contribution in [0.1, 0.15) is 26.2 Å². The molecule has 2 rings (SSSR count). The largest absolute Gasteiger partial charge is 0.478 e. The van der Waals surface area contributed by atoms with Gasteiger partial charge >= 0.3 is 5.97 Å². The molecule has 72 valence electrons. The molecule has 0 radical (unpaired) electrons. The second-order valence-electron chi connectivity index (χ2n) is 3.94. The van der Waals surface area contributed by atoms with Gasteiger partial charge in [0.25, 0.3) is 0 Å². The molecule has 2 aliphatic rings. The Balaban J connectivity index is 1.93. The SMILES string of the molecule is CC(=CC1CCC2OC2C1)C(=O)O. The van der Waals surface area contributed by atoms with Crippen LogP contribution in [0, 0.1) is 5.92 Å². The molecule has 0 aromatic heterocycles. The fourth-order valence-corrected chi connectivity index (χ4v) is 2.01. The standard InChI is InChI=1S/C10H14O3/c1-6(10(11)12)4-7-2-3-8-9(5-7)13-8/h4,7-9H,2-3,5H2,1H3,(H,11,12). The van der Waals surface area contributed by atoms with Crippen molar-refractivity contribution in [2.24, 2.45) is 5.92 Å². The van der Waals surface area contributed by atoms with E-state index in [1.807, 2.05) is 6.08 Å². The van der Waals surface area contributed by atoms with Crippen LogP contribution >= 0.6 is 0 Å². The van der Waals surface area contributed by atoms with Gasteiger partial charge in [0.05, 0.1) is 12.2 Å². The quantitative estimate of drug-likeness (QED) is 0.521. The molecule has 3 heteroatoms. The van der Waals surface area contributed by atoms with E-state index in [0.717, 1.165) is 19.3 Å². The average molecular weight is 182 g/mol. The molecule has 3 atom stereocenters. The first-order valence-corrected chi connectivity index (χ1v) is 4.74. The first-order valence-electron chi connectivity index (χ1n) is 4.74. The molecule has 1 N–H and O–H groups in total. The summed E-state index contributed by atoms with van der Waals surface area (Å²) in [4.78, 5) is 10.6. The lowest BCUT2D eigenvalue weighted by Gasteiger charge is -2.14. The van der Waals surface area contributed by atoms with Crippen LogP contribution in [0.3, 0.4) is 0 Å². The molecule has 3 nitrogen and oxygen atoms in total. The second kappa shape index (κ2) is 3.14. The molecule has 0 amide bonds. The third-order valence-electron chi connectivity index (χ3n) is 2.87. The van der Waals surface area contributed by atoms with Crippen molar-refractivity contribution in [2.45, 2.75) is 38.4 Å². The van der Waals surface area contributed by atoms with E-state index in [-0.39, 0.29) is 0 Å². The van der Waals surface area contributed by atoms with Crippen molar-refractivity contribution in [3.63, 3.8) is 0 Å². The summed E-state index contributed by atoms with van der Waals surface area (Å²) < 4.78 is 5.37. The fraction of sp³-hybridized carbons (Fsp3) is 0.700. The number of fused-ring (bicyclic) bond motifs is 1. The highest BCUT2D eigenvalue weighted by Crippen LogP contribution is 2.40. The Kier molecular flexibility index (Phi) is 2.12. The second-order valence-corrected chi connectivity index (χ2v) is 3.94. The van der Waals surface area contributed by atoms with Gasteiger partial charge in [0.2, 0.25) is 0 Å². The third-order valence-corrected chi connectivity index (χ3v) is 2.87. The molecule has 1 aliphatic heterocycles. The Labute approximate surface area is 77.4 Å². The lowest BCUT2D eigenvalue weighted by molar-refractivity contribution is -0.132. The zero-order chi connectivity index (χ0) is 9.42. The van der Waals surface area contributed by atoms with Crippen LogP contribution in [-0.2, 0) is 9.53 Å². The first-order chi connectivity index (χ1) is 6.16. The van der Waals surface area contributed by atoms with Gasteiger partial charge in [-0.05, 0) is 32.1 Å². The maximum Gasteiger partial charge on any atom is 0.330 e. The van der Waals surface area contributed by atoms with E-state index < -0.39 is 5.97 Å². The zero-order valence-corrected chi connectivity index (χ0v) is 7.69. The molecule has 0 aromatic rings. The van der Waals surface area contributed by atoms with Crippen molar-refractivity contribution >= 4 is 5.97 Å². The normalized spacial score (nSPS) is 38.2. The van der Waals surface area contributed by atoms with Crippen LogP contribution in [0.4, 0.5) is 0 Å². The Bertz CT molecular complexity index is 257. The van der Waals surface area contributed by atoms with E-state index >= 15 is 0 Å². The molecule has 13 heavy (non-hydrogen) atoms. The molecule has 2 fully saturated rings. The summed E-state index contributed by atoms with van der Waals surface area (Å²) in [5.74, 6) is -0.390. The first kappa shape index (κ1) is 8.75. The van der Waals surface area contributed by atoms with Gasteiger partial charge in [-0.2, -0.15) is 0 Å². The predicted octanol–water partition coefficient (Wildman–Crippen LogP) is 1.58. The summed E-state index contributed by atoms with van der Waals surface area (Å²) in [6.45, 7) is 1.65. The van der Waals surface area contributed by atoms with E-state index in [2.05, 4.69) is 0 Å². The van der Waals surface area contributed by atoms with Crippen molar-refractivity contribution in [3.05, 3.63) is 11.6 Å². The van der Waals surface area contributed by atoms with E-state index in [1.54, 1.807) is 6.92 Å². The summed E-state index contributed by atoms with van der Waals surface area (Å²) in [7, 11) is 0. The number of hydrogen-bond acceptors (Lipinski definition) is 2. The summed E-state index contributed by atoms with van der Waals surface area (Å²) in [5.41, 5.74) is 0.462. The third kappa shape index (κ3) is 1.91. The van der Waals surface area contributed by atoms with Gasteiger partial charge in [-0.1, -0.05) is 6.08 Å². The van der Waals surface area contributed by atoms with Gasteiger partial charge in [0.1, 0.15) is 0 Å². The van der Waals surface area contributed by atoms with Gasteiger partial charge in [0, 0.05) is 5.57 Å². The van der Waals surface area contributed by atoms with E-state index in [9.17, 15) is 4.79 Å². The van der Waals surface area contributed by atoms with Crippen molar-refractivity contribution in [3.8, 4) is 0 Å². The smallest absolute Gasteiger partial charge is 0.330 e. The molecular formula is C10H14O3. The van der Waals surface area contributed by atoms with Gasteiger partial charge < -0.3 is 9.84 Å². The van der Waals surface area contributed by atoms with Crippen LogP contribution in [0.25, 0.3) is 0 Å². The van der Waals surface area contributed by atoms with E-state index in [4.69, 9.17) is 9.84 Å². The fourth-order valence-electron chi connectivity index (χ4n) is 2.01. The molecule has 0 bridgehead atoms. The summed E-state index contributed by atoms with van der Waals surface area (Å²) in [6, 6.07) is 0. The number of carboxylic acid groups (broad SMARTS) is 1. The van der Waals surface area contributed by atoms with Crippen LogP contribution in [0.2, 0.25) is 0 Å². The Morgan fingerprint density at radius 3 is 2.85 bits per heavy atom.